The number of methoxy groups -OCH3 is 1. The molecule has 0 saturated carbocycles. The monoisotopic (exact) mass is 487 g/mol. The summed E-state index contributed by atoms with van der Waals surface area (Å²) in [5, 5.41) is 0. The molecule has 1 unspecified atom stereocenters. The summed E-state index contributed by atoms with van der Waals surface area (Å²) in [4.78, 5) is 13.5. The Bertz CT molecular complexity index is 1370. The van der Waals surface area contributed by atoms with Crippen LogP contribution in [0.4, 0.5) is 5.69 Å². The molecule has 4 aromatic rings. The number of benzene rings is 4. The van der Waals surface area contributed by atoms with E-state index in [4.69, 9.17) is 9.47 Å². The summed E-state index contributed by atoms with van der Waals surface area (Å²) >= 11 is 0. The SMILES string of the molecule is COc1ccc(N(C(=O)C(C)Oc2ccc(-c3ccccc3)cc2)S(=O)(=O)c2ccccc2)cc1. The number of sulfonamides is 1. The van der Waals surface area contributed by atoms with Crippen molar-refractivity contribution in [2.24, 2.45) is 0 Å². The van der Waals surface area contributed by atoms with E-state index in [0.717, 1.165) is 15.4 Å². The number of ether oxygens (including phenoxy) is 2. The molecular formula is C28H25NO5S. The predicted octanol–water partition coefficient (Wildman–Crippen LogP) is 5.55. The fourth-order valence-corrected chi connectivity index (χ4v) is 5.07. The maximum atomic E-state index is 13.5. The Balaban J connectivity index is 1.62. The molecule has 6 nitrogen and oxygen atoms in total. The van der Waals surface area contributed by atoms with E-state index < -0.39 is 22.0 Å². The molecule has 178 valence electrons. The summed E-state index contributed by atoms with van der Waals surface area (Å²) in [7, 11) is -2.68. The van der Waals surface area contributed by atoms with Crippen LogP contribution in [0.5, 0.6) is 11.5 Å². The first-order valence-electron chi connectivity index (χ1n) is 11.0. The van der Waals surface area contributed by atoms with Crippen LogP contribution in [0.15, 0.2) is 114 Å². The van der Waals surface area contributed by atoms with Gasteiger partial charge < -0.3 is 9.47 Å². The largest absolute Gasteiger partial charge is 0.497 e. The summed E-state index contributed by atoms with van der Waals surface area (Å²) in [5.41, 5.74) is 2.25. The van der Waals surface area contributed by atoms with Crippen molar-refractivity contribution >= 4 is 21.6 Å². The molecular weight excluding hydrogens is 462 g/mol. The summed E-state index contributed by atoms with van der Waals surface area (Å²) in [6.45, 7) is 1.53. The van der Waals surface area contributed by atoms with Gasteiger partial charge in [0.15, 0.2) is 6.10 Å². The van der Waals surface area contributed by atoms with Crippen molar-refractivity contribution in [3.8, 4) is 22.6 Å². The molecule has 0 N–H and O–H groups in total. The van der Waals surface area contributed by atoms with Crippen molar-refractivity contribution in [1.82, 2.24) is 0 Å². The van der Waals surface area contributed by atoms with Crippen molar-refractivity contribution in [3.63, 3.8) is 0 Å². The Morgan fingerprint density at radius 1 is 0.714 bits per heavy atom. The lowest BCUT2D eigenvalue weighted by molar-refractivity contribution is -0.123. The molecule has 0 bridgehead atoms. The number of carbonyl (C=O) groups is 1. The minimum absolute atomic E-state index is 0.00332. The molecule has 1 amide bonds. The van der Waals surface area contributed by atoms with Gasteiger partial charge in [-0.25, -0.2) is 8.42 Å². The molecule has 0 aromatic heterocycles. The Hall–Kier alpha value is -4.10. The summed E-state index contributed by atoms with van der Waals surface area (Å²) in [6, 6.07) is 31.3. The van der Waals surface area contributed by atoms with Crippen LogP contribution in [0.3, 0.4) is 0 Å². The van der Waals surface area contributed by atoms with Crippen LogP contribution in [-0.2, 0) is 14.8 Å². The zero-order valence-corrected chi connectivity index (χ0v) is 20.2. The molecule has 0 fully saturated rings. The van der Waals surface area contributed by atoms with Crippen LogP contribution >= 0.6 is 0 Å². The normalized spacial score (nSPS) is 11.9. The number of carbonyl (C=O) groups excluding carboxylic acids is 1. The van der Waals surface area contributed by atoms with E-state index in [-0.39, 0.29) is 10.6 Å². The van der Waals surface area contributed by atoms with Crippen LogP contribution in [0, 0.1) is 0 Å². The lowest BCUT2D eigenvalue weighted by Gasteiger charge is -2.26. The third-order valence-electron chi connectivity index (χ3n) is 5.41. The molecule has 0 aliphatic carbocycles. The van der Waals surface area contributed by atoms with Gasteiger partial charge in [-0.3, -0.25) is 4.79 Å². The minimum atomic E-state index is -4.19. The first-order valence-corrected chi connectivity index (χ1v) is 12.4. The standard InChI is InChI=1S/C28H25NO5S/c1-21(34-26-17-13-23(14-18-26)22-9-5-3-6-10-22)28(30)29(24-15-19-25(33-2)20-16-24)35(31,32)27-11-7-4-8-12-27/h3-21H,1-2H3. The van der Waals surface area contributed by atoms with Gasteiger partial charge in [-0.1, -0.05) is 60.7 Å². The Kier molecular flexibility index (Phi) is 7.17. The minimum Gasteiger partial charge on any atom is -0.497 e. The van der Waals surface area contributed by atoms with E-state index in [0.29, 0.717) is 11.5 Å². The highest BCUT2D eigenvalue weighted by Crippen LogP contribution is 2.28. The fourth-order valence-electron chi connectivity index (χ4n) is 3.58. The highest BCUT2D eigenvalue weighted by atomic mass is 32.2. The van der Waals surface area contributed by atoms with Crippen LogP contribution in [0.2, 0.25) is 0 Å². The zero-order valence-electron chi connectivity index (χ0n) is 19.4. The van der Waals surface area contributed by atoms with Gasteiger partial charge in [-0.15, -0.1) is 0 Å². The van der Waals surface area contributed by atoms with Gasteiger partial charge in [0.25, 0.3) is 15.9 Å². The summed E-state index contributed by atoms with van der Waals surface area (Å²) in [5.74, 6) is 0.282. The molecule has 0 spiro atoms. The van der Waals surface area contributed by atoms with Gasteiger partial charge in [0.1, 0.15) is 11.5 Å². The number of amides is 1. The van der Waals surface area contributed by atoms with Gasteiger partial charge in [0.2, 0.25) is 0 Å². The lowest BCUT2D eigenvalue weighted by Crippen LogP contribution is -2.44. The maximum Gasteiger partial charge on any atom is 0.281 e. The molecule has 1 atom stereocenters. The summed E-state index contributed by atoms with van der Waals surface area (Å²) < 4.78 is 38.8. The van der Waals surface area contributed by atoms with E-state index in [1.54, 1.807) is 42.5 Å². The predicted molar refractivity (Wildman–Crippen MR) is 136 cm³/mol. The van der Waals surface area contributed by atoms with Crippen LogP contribution < -0.4 is 13.8 Å². The van der Waals surface area contributed by atoms with E-state index in [1.165, 1.54) is 38.3 Å². The molecule has 7 heteroatoms. The molecule has 0 aliphatic heterocycles. The molecule has 0 saturated heterocycles. The van der Waals surface area contributed by atoms with Gasteiger partial charge in [0.05, 0.1) is 17.7 Å². The second-order valence-corrected chi connectivity index (χ2v) is 9.56. The molecule has 0 aliphatic rings. The van der Waals surface area contributed by atoms with Crippen molar-refractivity contribution in [2.75, 3.05) is 11.4 Å². The Morgan fingerprint density at radius 3 is 1.80 bits per heavy atom. The molecule has 35 heavy (non-hydrogen) atoms. The van der Waals surface area contributed by atoms with Crippen molar-refractivity contribution < 1.29 is 22.7 Å². The van der Waals surface area contributed by atoms with Crippen LogP contribution in [-0.4, -0.2) is 27.5 Å². The average Bonchev–Trinajstić information content (AvgIpc) is 2.90. The molecule has 0 radical (unpaired) electrons. The van der Waals surface area contributed by atoms with Gasteiger partial charge >= 0.3 is 0 Å². The topological polar surface area (TPSA) is 72.9 Å². The van der Waals surface area contributed by atoms with Crippen molar-refractivity contribution in [1.29, 1.82) is 0 Å². The van der Waals surface area contributed by atoms with E-state index in [2.05, 4.69) is 0 Å². The molecule has 4 rings (SSSR count). The third-order valence-corrected chi connectivity index (χ3v) is 7.15. The van der Waals surface area contributed by atoms with Crippen molar-refractivity contribution in [3.05, 3.63) is 109 Å². The Morgan fingerprint density at radius 2 is 1.23 bits per heavy atom. The number of hydrogen-bond acceptors (Lipinski definition) is 5. The molecule has 4 aromatic carbocycles. The highest BCUT2D eigenvalue weighted by Gasteiger charge is 2.34. The number of hydrogen-bond donors (Lipinski definition) is 0. The quantitative estimate of drug-likeness (QED) is 0.326. The maximum absolute atomic E-state index is 13.5. The first-order chi connectivity index (χ1) is 16.9. The number of anilines is 1. The lowest BCUT2D eigenvalue weighted by atomic mass is 10.1. The van der Waals surface area contributed by atoms with Gasteiger partial charge in [-0.05, 0) is 66.6 Å². The van der Waals surface area contributed by atoms with Crippen LogP contribution in [0.25, 0.3) is 11.1 Å². The van der Waals surface area contributed by atoms with E-state index in [9.17, 15) is 13.2 Å². The highest BCUT2D eigenvalue weighted by molar-refractivity contribution is 7.93. The van der Waals surface area contributed by atoms with Crippen molar-refractivity contribution in [2.45, 2.75) is 17.9 Å². The second kappa shape index (κ2) is 10.4. The Labute approximate surface area is 205 Å². The van der Waals surface area contributed by atoms with Gasteiger partial charge in [-0.2, -0.15) is 4.31 Å². The number of rotatable bonds is 8. The van der Waals surface area contributed by atoms with E-state index >= 15 is 0 Å². The zero-order chi connectivity index (χ0) is 24.8. The summed E-state index contributed by atoms with van der Waals surface area (Å²) in [6.07, 6.45) is -1.07. The van der Waals surface area contributed by atoms with Crippen LogP contribution in [0.1, 0.15) is 6.92 Å². The number of nitrogens with zero attached hydrogens (tertiary/aromatic N) is 1. The third kappa shape index (κ3) is 5.36. The van der Waals surface area contributed by atoms with E-state index in [1.807, 2.05) is 42.5 Å². The smallest absolute Gasteiger partial charge is 0.281 e. The molecule has 0 heterocycles. The second-order valence-electron chi connectivity index (χ2n) is 7.77. The van der Waals surface area contributed by atoms with Gasteiger partial charge in [0, 0.05) is 0 Å². The first kappa shape index (κ1) is 24.0. The fraction of sp³-hybridized carbons (Fsp3) is 0.107. The average molecular weight is 488 g/mol.